The molecule has 20 heavy (non-hydrogen) atoms. The summed E-state index contributed by atoms with van der Waals surface area (Å²) in [6.45, 7) is 3.42. The first kappa shape index (κ1) is 16.0. The quantitative estimate of drug-likeness (QED) is 0.415. The van der Waals surface area contributed by atoms with E-state index in [4.69, 9.17) is 16.6 Å². The van der Waals surface area contributed by atoms with Crippen molar-refractivity contribution in [3.05, 3.63) is 11.6 Å². The fourth-order valence-corrected chi connectivity index (χ4v) is 2.61. The summed E-state index contributed by atoms with van der Waals surface area (Å²) in [5.74, 6) is -1.14. The number of nitrogens with one attached hydrogen (secondary N) is 1. The Bertz CT molecular complexity index is 441. The van der Waals surface area contributed by atoms with E-state index >= 15 is 0 Å². The van der Waals surface area contributed by atoms with E-state index in [2.05, 4.69) is 10.3 Å². The van der Waals surface area contributed by atoms with Crippen LogP contribution in [0.25, 0.3) is 0 Å². The number of aliphatic carboxylic acids is 1. The van der Waals surface area contributed by atoms with Crippen LogP contribution in [-0.4, -0.2) is 35.0 Å². The van der Waals surface area contributed by atoms with Gasteiger partial charge in [0, 0.05) is 30.9 Å². The zero-order valence-electron chi connectivity index (χ0n) is 11.8. The lowest BCUT2D eigenvalue weighted by atomic mass is 9.79. The van der Waals surface area contributed by atoms with Crippen LogP contribution in [0.3, 0.4) is 0 Å². The van der Waals surface area contributed by atoms with Crippen LogP contribution in [0.15, 0.2) is 16.6 Å². The van der Waals surface area contributed by atoms with Gasteiger partial charge in [-0.2, -0.15) is 0 Å². The molecule has 1 rings (SSSR count). The summed E-state index contributed by atoms with van der Waals surface area (Å²) < 4.78 is 0. The maximum absolute atomic E-state index is 11.3. The minimum atomic E-state index is -0.952. The molecule has 6 N–H and O–H groups in total. The van der Waals surface area contributed by atoms with Gasteiger partial charge in [0.05, 0.1) is 6.04 Å². The number of nitrogens with two attached hydrogens (primary N) is 2. The van der Waals surface area contributed by atoms with Crippen LogP contribution in [-0.2, 0) is 9.59 Å². The predicted molar refractivity (Wildman–Crippen MR) is 75.9 cm³/mol. The largest absolute Gasteiger partial charge is 0.478 e. The maximum atomic E-state index is 11.3. The van der Waals surface area contributed by atoms with E-state index < -0.39 is 5.97 Å². The Balaban J connectivity index is 2.98. The topological polar surface area (TPSA) is 131 Å². The lowest BCUT2D eigenvalue weighted by molar-refractivity contribution is -0.133. The van der Waals surface area contributed by atoms with Crippen LogP contribution in [0.4, 0.5) is 0 Å². The van der Waals surface area contributed by atoms with Crippen molar-refractivity contribution in [3.8, 4) is 0 Å². The minimum Gasteiger partial charge on any atom is -0.478 e. The van der Waals surface area contributed by atoms with Crippen molar-refractivity contribution in [3.63, 3.8) is 0 Å². The average molecular weight is 282 g/mol. The normalized spacial score (nSPS) is 23.4. The Hall–Kier alpha value is -2.05. The third kappa shape index (κ3) is 4.25. The Morgan fingerprint density at radius 1 is 1.55 bits per heavy atom. The highest BCUT2D eigenvalue weighted by atomic mass is 16.4. The number of carbonyl (C=O) groups excluding carboxylic acids is 1. The lowest BCUT2D eigenvalue weighted by Crippen LogP contribution is -2.45. The second kappa shape index (κ2) is 6.93. The number of hydrogen-bond acceptors (Lipinski definition) is 3. The third-order valence-electron chi connectivity index (χ3n) is 3.49. The Kier molecular flexibility index (Phi) is 5.54. The van der Waals surface area contributed by atoms with Crippen molar-refractivity contribution < 1.29 is 14.7 Å². The Labute approximate surface area is 118 Å². The number of amides is 1. The molecule has 1 aliphatic carbocycles. The molecule has 0 radical (unpaired) electrons. The molecule has 0 aromatic heterocycles. The first-order valence-electron chi connectivity index (χ1n) is 6.63. The van der Waals surface area contributed by atoms with Crippen molar-refractivity contribution in [1.29, 1.82) is 0 Å². The van der Waals surface area contributed by atoms with Gasteiger partial charge in [-0.05, 0) is 12.8 Å². The highest BCUT2D eigenvalue weighted by molar-refractivity contribution is 5.87. The number of rotatable bonds is 5. The monoisotopic (exact) mass is 282 g/mol. The van der Waals surface area contributed by atoms with Crippen molar-refractivity contribution in [1.82, 2.24) is 5.32 Å². The molecule has 7 heteroatoms. The number of carboxylic acids is 1. The smallest absolute Gasteiger partial charge is 0.331 e. The summed E-state index contributed by atoms with van der Waals surface area (Å²) in [6, 6.07) is -0.403. The number of guanidine groups is 1. The van der Waals surface area contributed by atoms with E-state index in [1.54, 1.807) is 6.08 Å². The van der Waals surface area contributed by atoms with Crippen molar-refractivity contribution in [2.24, 2.45) is 22.4 Å². The fraction of sp³-hybridized carbons (Fsp3) is 0.615. The highest BCUT2D eigenvalue weighted by Crippen LogP contribution is 2.30. The number of hydrogen-bond donors (Lipinski definition) is 4. The molecule has 0 saturated carbocycles. The van der Waals surface area contributed by atoms with Gasteiger partial charge >= 0.3 is 5.97 Å². The summed E-state index contributed by atoms with van der Waals surface area (Å²) in [4.78, 5) is 26.5. The molecule has 0 aliphatic heterocycles. The second-order valence-electron chi connectivity index (χ2n) is 4.97. The Morgan fingerprint density at radius 2 is 2.20 bits per heavy atom. The van der Waals surface area contributed by atoms with Gasteiger partial charge in [0.25, 0.3) is 0 Å². The molecule has 1 amide bonds. The zero-order chi connectivity index (χ0) is 15.3. The summed E-state index contributed by atoms with van der Waals surface area (Å²) in [5, 5.41) is 11.9. The minimum absolute atomic E-state index is 0.00546. The van der Waals surface area contributed by atoms with Gasteiger partial charge in [0.15, 0.2) is 5.96 Å². The molecule has 0 aromatic carbocycles. The van der Waals surface area contributed by atoms with Crippen molar-refractivity contribution >= 4 is 17.8 Å². The summed E-state index contributed by atoms with van der Waals surface area (Å²) >= 11 is 0. The van der Waals surface area contributed by atoms with Gasteiger partial charge < -0.3 is 21.9 Å². The van der Waals surface area contributed by atoms with Crippen LogP contribution in [0.5, 0.6) is 0 Å². The van der Waals surface area contributed by atoms with Crippen molar-refractivity contribution in [2.45, 2.75) is 45.2 Å². The van der Waals surface area contributed by atoms with E-state index in [9.17, 15) is 9.59 Å². The van der Waals surface area contributed by atoms with E-state index in [0.717, 1.165) is 6.42 Å². The van der Waals surface area contributed by atoms with Gasteiger partial charge in [0.1, 0.15) is 0 Å². The Morgan fingerprint density at radius 3 is 2.65 bits per heavy atom. The van der Waals surface area contributed by atoms with Gasteiger partial charge in [0.2, 0.25) is 5.91 Å². The van der Waals surface area contributed by atoms with Gasteiger partial charge in [-0.25, -0.2) is 9.79 Å². The van der Waals surface area contributed by atoms with Crippen LogP contribution in [0.2, 0.25) is 0 Å². The lowest BCUT2D eigenvalue weighted by Gasteiger charge is -2.34. The molecule has 0 spiro atoms. The van der Waals surface area contributed by atoms with Gasteiger partial charge in [-0.15, -0.1) is 0 Å². The predicted octanol–water partition coefficient (Wildman–Crippen LogP) is -0.0359. The highest BCUT2D eigenvalue weighted by Gasteiger charge is 2.33. The number of carboxylic acid groups (broad SMARTS) is 1. The molecule has 0 saturated heterocycles. The number of nitrogens with zero attached hydrogens (tertiary/aromatic N) is 1. The number of aliphatic imine (C=N–C) groups is 1. The average Bonchev–Trinajstić information content (AvgIpc) is 2.35. The molecule has 3 atom stereocenters. The standard InChI is InChI=1S/C13H22N4O3/c1-3-10(16-7(2)18)9-5-4-8(12(19)20)6-11(9)17-13(14)15/h4,9-11H,3,5-6H2,1-2H3,(H,16,18)(H,19,20)(H4,14,15,17)/t9-,10+,11+/m1/s1. The molecular formula is C13H22N4O3. The summed E-state index contributed by atoms with van der Waals surface area (Å²) in [7, 11) is 0. The first-order chi connectivity index (χ1) is 9.35. The first-order valence-corrected chi connectivity index (χ1v) is 6.63. The SMILES string of the molecule is CC[C@H](NC(C)=O)[C@H]1CC=C(C(=O)O)C[C@@H]1N=C(N)N. The molecule has 0 bridgehead atoms. The fourth-order valence-electron chi connectivity index (χ4n) is 2.61. The molecule has 0 fully saturated rings. The van der Waals surface area contributed by atoms with Gasteiger partial charge in [-0.3, -0.25) is 4.79 Å². The van der Waals surface area contributed by atoms with Crippen molar-refractivity contribution in [2.75, 3.05) is 0 Å². The van der Waals surface area contributed by atoms with E-state index in [-0.39, 0.29) is 36.3 Å². The summed E-state index contributed by atoms with van der Waals surface area (Å²) in [6.07, 6.45) is 3.23. The number of carbonyl (C=O) groups is 2. The van der Waals surface area contributed by atoms with Crippen LogP contribution in [0.1, 0.15) is 33.1 Å². The molecule has 7 nitrogen and oxygen atoms in total. The molecule has 112 valence electrons. The molecule has 0 aromatic rings. The molecule has 1 aliphatic rings. The maximum Gasteiger partial charge on any atom is 0.331 e. The van der Waals surface area contributed by atoms with Gasteiger partial charge in [-0.1, -0.05) is 13.0 Å². The third-order valence-corrected chi connectivity index (χ3v) is 3.49. The molecule has 0 unspecified atom stereocenters. The van der Waals surface area contributed by atoms with E-state index in [1.807, 2.05) is 6.92 Å². The van der Waals surface area contributed by atoms with Crippen LogP contribution >= 0.6 is 0 Å². The zero-order valence-corrected chi connectivity index (χ0v) is 11.8. The molecular weight excluding hydrogens is 260 g/mol. The second-order valence-corrected chi connectivity index (χ2v) is 4.97. The van der Waals surface area contributed by atoms with E-state index in [0.29, 0.717) is 12.0 Å². The van der Waals surface area contributed by atoms with Crippen LogP contribution < -0.4 is 16.8 Å². The van der Waals surface area contributed by atoms with E-state index in [1.165, 1.54) is 6.92 Å². The van der Waals surface area contributed by atoms with Crippen LogP contribution in [0, 0.1) is 5.92 Å². The number of allylic oxidation sites excluding steroid dienone is 1. The molecule has 0 heterocycles. The summed E-state index contributed by atoms with van der Waals surface area (Å²) in [5.41, 5.74) is 11.2.